The van der Waals surface area contributed by atoms with Gasteiger partial charge in [-0.25, -0.2) is 0 Å². The molecule has 0 aromatic heterocycles. The van der Waals surface area contributed by atoms with Gasteiger partial charge in [0.2, 0.25) is 5.91 Å². The van der Waals surface area contributed by atoms with E-state index >= 15 is 0 Å². The maximum absolute atomic E-state index is 12.3. The fourth-order valence-corrected chi connectivity index (χ4v) is 3.27. The van der Waals surface area contributed by atoms with Crippen LogP contribution in [0.25, 0.3) is 0 Å². The molecule has 1 aliphatic rings. The molecule has 0 spiro atoms. The fraction of sp³-hybridized carbons (Fsp3) is 0.588. The summed E-state index contributed by atoms with van der Waals surface area (Å²) >= 11 is 5.81. The van der Waals surface area contributed by atoms with Crippen molar-refractivity contribution in [2.45, 2.75) is 39.0 Å². The number of carbonyl (C=O) groups excluding carboxylic acids is 1. The van der Waals surface area contributed by atoms with Crippen molar-refractivity contribution in [3.63, 3.8) is 0 Å². The summed E-state index contributed by atoms with van der Waals surface area (Å²) in [5, 5.41) is 0. The third kappa shape index (κ3) is 4.52. The van der Waals surface area contributed by atoms with Crippen LogP contribution in [-0.4, -0.2) is 29.8 Å². The summed E-state index contributed by atoms with van der Waals surface area (Å²) < 4.78 is 0. The van der Waals surface area contributed by atoms with Gasteiger partial charge in [0, 0.05) is 25.4 Å². The summed E-state index contributed by atoms with van der Waals surface area (Å²) in [6, 6.07) is 8.42. The van der Waals surface area contributed by atoms with Crippen molar-refractivity contribution in [3.05, 3.63) is 35.4 Å². The number of halogens is 1. The fourth-order valence-electron chi connectivity index (χ4n) is 2.96. The Hall–Kier alpha value is -1.02. The standard InChI is InChI=1S/C17H24ClNO/c1-14-4-2-5-15(12-14)7-8-17(20)19-11-3-6-16(13-19)9-10-18/h2,4-5,12,16H,3,6-11,13H2,1H3. The van der Waals surface area contributed by atoms with Crippen LogP contribution in [0.1, 0.15) is 36.8 Å². The lowest BCUT2D eigenvalue weighted by Gasteiger charge is -2.32. The lowest BCUT2D eigenvalue weighted by atomic mass is 9.95. The average molecular weight is 294 g/mol. The van der Waals surface area contributed by atoms with E-state index in [1.165, 1.54) is 17.5 Å². The van der Waals surface area contributed by atoms with Crippen molar-refractivity contribution in [1.82, 2.24) is 4.90 Å². The SMILES string of the molecule is Cc1cccc(CCC(=O)N2CCCC(CCCl)C2)c1. The largest absolute Gasteiger partial charge is 0.342 e. The van der Waals surface area contributed by atoms with E-state index < -0.39 is 0 Å². The average Bonchev–Trinajstić information content (AvgIpc) is 2.45. The summed E-state index contributed by atoms with van der Waals surface area (Å²) in [5.41, 5.74) is 2.52. The number of carbonyl (C=O) groups is 1. The van der Waals surface area contributed by atoms with Crippen molar-refractivity contribution >= 4 is 17.5 Å². The van der Waals surface area contributed by atoms with E-state index in [4.69, 9.17) is 11.6 Å². The van der Waals surface area contributed by atoms with Gasteiger partial charge in [-0.05, 0) is 44.1 Å². The third-order valence-electron chi connectivity index (χ3n) is 4.10. The molecule has 1 aliphatic heterocycles. The topological polar surface area (TPSA) is 20.3 Å². The van der Waals surface area contributed by atoms with Gasteiger partial charge in [0.05, 0.1) is 0 Å². The smallest absolute Gasteiger partial charge is 0.222 e. The Labute approximate surface area is 127 Å². The molecule has 1 saturated heterocycles. The highest BCUT2D eigenvalue weighted by atomic mass is 35.5. The third-order valence-corrected chi connectivity index (χ3v) is 4.32. The van der Waals surface area contributed by atoms with Gasteiger partial charge in [0.15, 0.2) is 0 Å². The number of benzene rings is 1. The van der Waals surface area contributed by atoms with Crippen LogP contribution in [-0.2, 0) is 11.2 Å². The molecule has 0 aliphatic carbocycles. The predicted octanol–water partition coefficient (Wildman–Crippen LogP) is 3.80. The summed E-state index contributed by atoms with van der Waals surface area (Å²) in [4.78, 5) is 14.3. The number of hydrogen-bond donors (Lipinski definition) is 0. The predicted molar refractivity (Wildman–Crippen MR) is 84.1 cm³/mol. The number of aryl methyl sites for hydroxylation is 2. The van der Waals surface area contributed by atoms with Crippen LogP contribution >= 0.6 is 11.6 Å². The highest BCUT2D eigenvalue weighted by molar-refractivity contribution is 6.17. The molecule has 3 heteroatoms. The molecule has 1 fully saturated rings. The number of likely N-dealkylation sites (tertiary alicyclic amines) is 1. The lowest BCUT2D eigenvalue weighted by Crippen LogP contribution is -2.40. The van der Waals surface area contributed by atoms with E-state index in [1.807, 2.05) is 4.90 Å². The van der Waals surface area contributed by atoms with Gasteiger partial charge in [-0.1, -0.05) is 29.8 Å². The Bertz CT molecular complexity index is 444. The number of piperidine rings is 1. The molecule has 0 radical (unpaired) electrons. The van der Waals surface area contributed by atoms with Crippen LogP contribution in [0.2, 0.25) is 0 Å². The van der Waals surface area contributed by atoms with Gasteiger partial charge >= 0.3 is 0 Å². The summed E-state index contributed by atoms with van der Waals surface area (Å²) in [6.45, 7) is 3.91. The molecule has 1 aromatic carbocycles. The van der Waals surface area contributed by atoms with Crippen LogP contribution in [0.5, 0.6) is 0 Å². The molecule has 1 atom stereocenters. The van der Waals surface area contributed by atoms with Crippen molar-refractivity contribution in [2.75, 3.05) is 19.0 Å². The number of nitrogens with zero attached hydrogens (tertiary/aromatic N) is 1. The minimum atomic E-state index is 0.297. The number of hydrogen-bond acceptors (Lipinski definition) is 1. The quantitative estimate of drug-likeness (QED) is 0.756. The second kappa shape index (κ2) is 7.68. The molecule has 20 heavy (non-hydrogen) atoms. The minimum Gasteiger partial charge on any atom is -0.342 e. The zero-order valence-corrected chi connectivity index (χ0v) is 13.0. The molecule has 2 rings (SSSR count). The Kier molecular flexibility index (Phi) is 5.90. The minimum absolute atomic E-state index is 0.297. The second-order valence-electron chi connectivity index (χ2n) is 5.81. The molecule has 2 nitrogen and oxygen atoms in total. The molecule has 1 amide bonds. The maximum atomic E-state index is 12.3. The zero-order valence-electron chi connectivity index (χ0n) is 12.3. The van der Waals surface area contributed by atoms with E-state index in [9.17, 15) is 4.79 Å². The van der Waals surface area contributed by atoms with E-state index in [1.54, 1.807) is 0 Å². The zero-order chi connectivity index (χ0) is 14.4. The van der Waals surface area contributed by atoms with E-state index in [2.05, 4.69) is 31.2 Å². The molecule has 110 valence electrons. The molecule has 0 bridgehead atoms. The number of alkyl halides is 1. The Balaban J connectivity index is 1.82. The van der Waals surface area contributed by atoms with Gasteiger partial charge in [-0.2, -0.15) is 0 Å². The molecule has 1 aromatic rings. The first-order valence-electron chi connectivity index (χ1n) is 7.58. The summed E-state index contributed by atoms with van der Waals surface area (Å²) in [6.07, 6.45) is 4.84. The first kappa shape index (κ1) is 15.4. The van der Waals surface area contributed by atoms with Crippen LogP contribution in [0, 0.1) is 12.8 Å². The molecular formula is C17H24ClNO. The van der Waals surface area contributed by atoms with E-state index in [0.29, 0.717) is 24.1 Å². The Morgan fingerprint density at radius 3 is 3.05 bits per heavy atom. The number of amides is 1. The van der Waals surface area contributed by atoms with E-state index in [-0.39, 0.29) is 0 Å². The molecular weight excluding hydrogens is 270 g/mol. The van der Waals surface area contributed by atoms with Gasteiger partial charge in [-0.15, -0.1) is 11.6 Å². The highest BCUT2D eigenvalue weighted by Gasteiger charge is 2.22. The van der Waals surface area contributed by atoms with Crippen molar-refractivity contribution in [1.29, 1.82) is 0 Å². The van der Waals surface area contributed by atoms with Gasteiger partial charge in [0.1, 0.15) is 0 Å². The second-order valence-corrected chi connectivity index (χ2v) is 6.19. The van der Waals surface area contributed by atoms with Gasteiger partial charge in [-0.3, -0.25) is 4.79 Å². The van der Waals surface area contributed by atoms with Gasteiger partial charge < -0.3 is 4.90 Å². The van der Waals surface area contributed by atoms with Crippen molar-refractivity contribution in [3.8, 4) is 0 Å². The normalized spacial score (nSPS) is 19.1. The van der Waals surface area contributed by atoms with Gasteiger partial charge in [0.25, 0.3) is 0 Å². The molecule has 1 unspecified atom stereocenters. The summed E-state index contributed by atoms with van der Waals surface area (Å²) in [7, 11) is 0. The first-order valence-corrected chi connectivity index (χ1v) is 8.12. The highest BCUT2D eigenvalue weighted by Crippen LogP contribution is 2.21. The monoisotopic (exact) mass is 293 g/mol. The van der Waals surface area contributed by atoms with Crippen molar-refractivity contribution in [2.24, 2.45) is 5.92 Å². The summed E-state index contributed by atoms with van der Waals surface area (Å²) in [5.74, 6) is 1.60. The van der Waals surface area contributed by atoms with Crippen molar-refractivity contribution < 1.29 is 4.79 Å². The lowest BCUT2D eigenvalue weighted by molar-refractivity contribution is -0.133. The van der Waals surface area contributed by atoms with Crippen LogP contribution < -0.4 is 0 Å². The Morgan fingerprint density at radius 1 is 1.45 bits per heavy atom. The van der Waals surface area contributed by atoms with E-state index in [0.717, 1.165) is 32.4 Å². The number of rotatable bonds is 5. The van der Waals surface area contributed by atoms with Crippen LogP contribution in [0.3, 0.4) is 0 Å². The molecule has 1 heterocycles. The Morgan fingerprint density at radius 2 is 2.30 bits per heavy atom. The molecule has 0 N–H and O–H groups in total. The van der Waals surface area contributed by atoms with Crippen LogP contribution in [0.4, 0.5) is 0 Å². The maximum Gasteiger partial charge on any atom is 0.222 e. The van der Waals surface area contributed by atoms with Crippen LogP contribution in [0.15, 0.2) is 24.3 Å². The first-order chi connectivity index (χ1) is 9.69. The molecule has 0 saturated carbocycles.